The summed E-state index contributed by atoms with van der Waals surface area (Å²) in [7, 11) is 0. The summed E-state index contributed by atoms with van der Waals surface area (Å²) in [5, 5.41) is 33.1. The monoisotopic (exact) mass is 468 g/mol. The van der Waals surface area contributed by atoms with E-state index in [0.29, 0.717) is 0 Å². The summed E-state index contributed by atoms with van der Waals surface area (Å²) >= 11 is 7.60. The molecule has 0 saturated carbocycles. The Hall–Kier alpha value is -2.52. The first kappa shape index (κ1) is 27.5. The number of carboxylic acids is 3. The third-order valence-corrected chi connectivity index (χ3v) is 4.38. The van der Waals surface area contributed by atoms with Crippen molar-refractivity contribution in [3.05, 3.63) is 0 Å². The fraction of sp³-hybridized carbons (Fsp3) is 0.600. The first-order chi connectivity index (χ1) is 13.9. The van der Waals surface area contributed by atoms with Crippen LogP contribution < -0.4 is 21.7 Å². The van der Waals surface area contributed by atoms with E-state index in [-0.39, 0.29) is 17.9 Å². The van der Waals surface area contributed by atoms with Crippen LogP contribution in [0.2, 0.25) is 0 Å². The molecule has 0 aromatic carbocycles. The smallest absolute Gasteiger partial charge is 0.327 e. The van der Waals surface area contributed by atoms with Crippen LogP contribution in [0.4, 0.5) is 0 Å². The van der Waals surface area contributed by atoms with Gasteiger partial charge >= 0.3 is 17.9 Å². The van der Waals surface area contributed by atoms with Crippen LogP contribution in [-0.4, -0.2) is 86.6 Å². The van der Waals surface area contributed by atoms with Crippen LogP contribution in [0.5, 0.6) is 0 Å². The maximum Gasteiger partial charge on any atom is 0.327 e. The minimum absolute atomic E-state index is 0.0660. The van der Waals surface area contributed by atoms with E-state index in [9.17, 15) is 28.8 Å². The second-order valence-corrected chi connectivity index (χ2v) is 6.75. The summed E-state index contributed by atoms with van der Waals surface area (Å²) in [5.41, 5.74) is 5.49. The van der Waals surface area contributed by atoms with Gasteiger partial charge in [0.2, 0.25) is 17.7 Å². The molecule has 0 aliphatic carbocycles. The van der Waals surface area contributed by atoms with Crippen LogP contribution in [-0.2, 0) is 28.8 Å². The van der Waals surface area contributed by atoms with Gasteiger partial charge in [-0.1, -0.05) is 0 Å². The maximum atomic E-state index is 12.5. The van der Waals surface area contributed by atoms with E-state index in [1.54, 1.807) is 0 Å². The molecular weight excluding hydrogens is 444 g/mol. The number of nitrogens with two attached hydrogens (primary N) is 1. The van der Waals surface area contributed by atoms with Gasteiger partial charge in [-0.25, -0.2) is 4.79 Å². The third kappa shape index (κ3) is 10.3. The molecule has 0 radical (unpaired) electrons. The van der Waals surface area contributed by atoms with Crippen molar-refractivity contribution in [3.8, 4) is 0 Å². The molecule has 0 saturated heterocycles. The molecule has 0 bridgehead atoms. The normalized spacial score (nSPS) is 14.5. The first-order valence-electron chi connectivity index (χ1n) is 8.47. The minimum Gasteiger partial charge on any atom is -0.481 e. The van der Waals surface area contributed by atoms with Gasteiger partial charge < -0.3 is 37.0 Å². The number of rotatable bonds is 14. The molecule has 13 nitrogen and oxygen atoms in total. The number of thiol groups is 2. The maximum absolute atomic E-state index is 12.5. The van der Waals surface area contributed by atoms with Gasteiger partial charge in [0.15, 0.2) is 0 Å². The standard InChI is InChI=1S/C15H24N4O9S2/c16-6(4-29)12(24)17-7(1-2-10(20)21)13(25)18-8(3-11(22)23)14(26)19-9(5-30)15(27)28/h6-9,29-30H,1-5,16H2,(H,17,24)(H,18,25)(H,19,26)(H,20,21)(H,22,23)(H,27,28). The summed E-state index contributed by atoms with van der Waals surface area (Å²) in [6, 6.07) is -5.67. The fourth-order valence-corrected chi connectivity index (χ4v) is 2.43. The first-order valence-corrected chi connectivity index (χ1v) is 9.74. The highest BCUT2D eigenvalue weighted by atomic mass is 32.1. The number of amides is 3. The number of hydrogen-bond donors (Lipinski definition) is 9. The lowest BCUT2D eigenvalue weighted by molar-refractivity contribution is -0.143. The van der Waals surface area contributed by atoms with Gasteiger partial charge in [-0.15, -0.1) is 0 Å². The summed E-state index contributed by atoms with van der Waals surface area (Å²) in [6.45, 7) is 0. The SMILES string of the molecule is NC(CS)C(=O)NC(CCC(=O)O)C(=O)NC(CC(=O)O)C(=O)NC(CS)C(=O)O. The number of hydrogen-bond acceptors (Lipinski definition) is 9. The molecule has 3 amide bonds. The summed E-state index contributed by atoms with van der Waals surface area (Å²) in [4.78, 5) is 69.6. The highest BCUT2D eigenvalue weighted by Gasteiger charge is 2.31. The fourth-order valence-electron chi connectivity index (χ4n) is 2.01. The lowest BCUT2D eigenvalue weighted by Crippen LogP contribution is -2.57. The van der Waals surface area contributed by atoms with Crippen molar-refractivity contribution in [3.63, 3.8) is 0 Å². The number of nitrogens with one attached hydrogen (secondary N) is 3. The van der Waals surface area contributed by atoms with Gasteiger partial charge in [0.05, 0.1) is 12.5 Å². The van der Waals surface area contributed by atoms with Crippen molar-refractivity contribution < 1.29 is 44.1 Å². The van der Waals surface area contributed by atoms with Crippen LogP contribution in [0.1, 0.15) is 19.3 Å². The summed E-state index contributed by atoms with van der Waals surface area (Å²) in [6.07, 6.45) is -1.79. The Morgan fingerprint density at radius 2 is 1.23 bits per heavy atom. The average Bonchev–Trinajstić information content (AvgIpc) is 2.66. The summed E-state index contributed by atoms with van der Waals surface area (Å²) < 4.78 is 0. The Morgan fingerprint density at radius 1 is 0.733 bits per heavy atom. The molecule has 0 aliphatic heterocycles. The zero-order valence-corrected chi connectivity index (χ0v) is 17.4. The predicted octanol–water partition coefficient (Wildman–Crippen LogP) is -2.95. The number of carboxylic acid groups (broad SMARTS) is 3. The van der Waals surface area contributed by atoms with E-state index < -0.39 is 72.6 Å². The molecule has 4 unspecified atom stereocenters. The molecule has 170 valence electrons. The second-order valence-electron chi connectivity index (χ2n) is 6.02. The van der Waals surface area contributed by atoms with Crippen LogP contribution >= 0.6 is 25.3 Å². The molecule has 0 heterocycles. The van der Waals surface area contributed by atoms with E-state index in [4.69, 9.17) is 21.1 Å². The zero-order valence-electron chi connectivity index (χ0n) is 15.6. The zero-order chi connectivity index (χ0) is 23.4. The molecular formula is C15H24N4O9S2. The Bertz CT molecular complexity index is 676. The quantitative estimate of drug-likeness (QED) is 0.118. The van der Waals surface area contributed by atoms with Gasteiger partial charge in [-0.3, -0.25) is 24.0 Å². The lowest BCUT2D eigenvalue weighted by Gasteiger charge is -2.24. The van der Waals surface area contributed by atoms with Gasteiger partial charge in [-0.2, -0.15) is 25.3 Å². The topological polar surface area (TPSA) is 225 Å². The van der Waals surface area contributed by atoms with E-state index in [2.05, 4.69) is 35.9 Å². The lowest BCUT2D eigenvalue weighted by atomic mass is 10.1. The van der Waals surface area contributed by atoms with E-state index >= 15 is 0 Å². The Balaban J connectivity index is 5.44. The molecule has 15 heteroatoms. The van der Waals surface area contributed by atoms with Crippen molar-refractivity contribution in [1.29, 1.82) is 0 Å². The Kier molecular flexibility index (Phi) is 12.5. The van der Waals surface area contributed by atoms with Crippen LogP contribution in [0.3, 0.4) is 0 Å². The van der Waals surface area contributed by atoms with Crippen molar-refractivity contribution in [2.24, 2.45) is 5.73 Å². The molecule has 0 aliphatic rings. The van der Waals surface area contributed by atoms with Gasteiger partial charge in [0.1, 0.15) is 18.1 Å². The van der Waals surface area contributed by atoms with E-state index in [0.717, 1.165) is 0 Å². The van der Waals surface area contributed by atoms with Crippen molar-refractivity contribution in [2.45, 2.75) is 43.4 Å². The van der Waals surface area contributed by atoms with Crippen LogP contribution in [0.25, 0.3) is 0 Å². The average molecular weight is 469 g/mol. The Labute approximate surface area is 181 Å². The minimum atomic E-state index is -1.69. The molecule has 8 N–H and O–H groups in total. The molecule has 0 spiro atoms. The van der Waals surface area contributed by atoms with E-state index in [1.165, 1.54) is 0 Å². The van der Waals surface area contributed by atoms with Gasteiger partial charge in [-0.05, 0) is 6.42 Å². The number of carbonyl (C=O) groups is 6. The number of aliphatic carboxylic acids is 3. The molecule has 30 heavy (non-hydrogen) atoms. The highest BCUT2D eigenvalue weighted by molar-refractivity contribution is 7.80. The van der Waals surface area contributed by atoms with Gasteiger partial charge in [0, 0.05) is 17.9 Å². The second kappa shape index (κ2) is 13.7. The van der Waals surface area contributed by atoms with Crippen LogP contribution in [0.15, 0.2) is 0 Å². The largest absolute Gasteiger partial charge is 0.481 e. The number of carbonyl (C=O) groups excluding carboxylic acids is 3. The Morgan fingerprint density at radius 3 is 1.67 bits per heavy atom. The van der Waals surface area contributed by atoms with Crippen molar-refractivity contribution >= 4 is 60.9 Å². The predicted molar refractivity (Wildman–Crippen MR) is 108 cm³/mol. The van der Waals surface area contributed by atoms with Crippen molar-refractivity contribution in [2.75, 3.05) is 11.5 Å². The van der Waals surface area contributed by atoms with Crippen molar-refractivity contribution in [1.82, 2.24) is 16.0 Å². The van der Waals surface area contributed by atoms with Gasteiger partial charge in [0.25, 0.3) is 0 Å². The molecule has 0 rings (SSSR count). The van der Waals surface area contributed by atoms with E-state index in [1.807, 2.05) is 5.32 Å². The summed E-state index contributed by atoms with van der Waals surface area (Å²) in [5.74, 6) is -7.49. The molecule has 0 aromatic heterocycles. The molecule has 0 aromatic rings. The van der Waals surface area contributed by atoms with Crippen LogP contribution in [0, 0.1) is 0 Å². The molecule has 4 atom stereocenters. The highest BCUT2D eigenvalue weighted by Crippen LogP contribution is 2.03. The third-order valence-electron chi connectivity index (χ3n) is 3.62. The molecule has 0 fully saturated rings.